The molecule has 9 nitrogen and oxygen atoms in total. The Bertz CT molecular complexity index is 1090. The molecular formula is C18H20F3N7O2. The summed E-state index contributed by atoms with van der Waals surface area (Å²) in [5.41, 5.74) is 0.623. The molecule has 2 aliphatic heterocycles. The van der Waals surface area contributed by atoms with Crippen LogP contribution in [0.25, 0.3) is 11.0 Å². The summed E-state index contributed by atoms with van der Waals surface area (Å²) in [5.74, 6) is 0.594. The molecule has 2 aliphatic rings. The van der Waals surface area contributed by atoms with Crippen LogP contribution in [0.5, 0.6) is 5.88 Å². The lowest BCUT2D eigenvalue weighted by molar-refractivity contribution is -0.140. The first-order valence-corrected chi connectivity index (χ1v) is 9.79. The van der Waals surface area contributed by atoms with Crippen LogP contribution in [0.3, 0.4) is 0 Å². The second-order valence-electron chi connectivity index (χ2n) is 7.38. The van der Waals surface area contributed by atoms with Gasteiger partial charge in [-0.1, -0.05) is 0 Å². The van der Waals surface area contributed by atoms with Crippen molar-refractivity contribution < 1.29 is 22.6 Å². The van der Waals surface area contributed by atoms with Crippen LogP contribution in [0.1, 0.15) is 36.7 Å². The molecule has 12 heteroatoms. The molecule has 0 aliphatic carbocycles. The van der Waals surface area contributed by atoms with Crippen molar-refractivity contribution in [2.45, 2.75) is 44.9 Å². The number of hydrogen-bond acceptors (Lipinski definition) is 7. The summed E-state index contributed by atoms with van der Waals surface area (Å²) >= 11 is 0. The minimum absolute atomic E-state index is 0.122. The van der Waals surface area contributed by atoms with Gasteiger partial charge in [0.1, 0.15) is 5.69 Å². The van der Waals surface area contributed by atoms with Gasteiger partial charge in [0, 0.05) is 32.4 Å². The Labute approximate surface area is 169 Å². The number of alkyl halides is 3. The third-order valence-corrected chi connectivity index (χ3v) is 5.40. The molecule has 5 rings (SSSR count). The van der Waals surface area contributed by atoms with E-state index in [0.29, 0.717) is 31.2 Å². The molecule has 3 aromatic heterocycles. The summed E-state index contributed by atoms with van der Waals surface area (Å²) in [7, 11) is 0. The highest BCUT2D eigenvalue weighted by Gasteiger charge is 2.37. The van der Waals surface area contributed by atoms with Crippen molar-refractivity contribution in [1.29, 1.82) is 0 Å². The zero-order valence-electron chi connectivity index (χ0n) is 16.2. The predicted octanol–water partition coefficient (Wildman–Crippen LogP) is 3.23. The maximum atomic E-state index is 13.4. The third-order valence-electron chi connectivity index (χ3n) is 5.40. The molecule has 0 aromatic carbocycles. The quantitative estimate of drug-likeness (QED) is 0.643. The molecule has 0 spiro atoms. The van der Waals surface area contributed by atoms with E-state index in [2.05, 4.69) is 25.5 Å². The zero-order chi connectivity index (χ0) is 20.9. The van der Waals surface area contributed by atoms with E-state index in [4.69, 9.17) is 9.47 Å². The van der Waals surface area contributed by atoms with Gasteiger partial charge in [0.15, 0.2) is 11.3 Å². The van der Waals surface area contributed by atoms with Crippen molar-refractivity contribution in [3.8, 4) is 5.88 Å². The lowest BCUT2D eigenvalue weighted by Gasteiger charge is -2.23. The van der Waals surface area contributed by atoms with Crippen LogP contribution in [-0.4, -0.2) is 49.3 Å². The van der Waals surface area contributed by atoms with Gasteiger partial charge in [0.25, 0.3) is 5.88 Å². The molecule has 5 heterocycles. The van der Waals surface area contributed by atoms with Gasteiger partial charge in [0.05, 0.1) is 23.7 Å². The van der Waals surface area contributed by atoms with E-state index in [0.717, 1.165) is 24.7 Å². The Balaban J connectivity index is 1.57. The highest BCUT2D eigenvalue weighted by molar-refractivity contribution is 5.79. The summed E-state index contributed by atoms with van der Waals surface area (Å²) in [5, 5.41) is 11.4. The largest absolute Gasteiger partial charge is 0.475 e. The molecule has 30 heavy (non-hydrogen) atoms. The third kappa shape index (κ3) is 3.24. The topological polar surface area (TPSA) is 91.9 Å². The monoisotopic (exact) mass is 423 g/mol. The fourth-order valence-electron chi connectivity index (χ4n) is 3.90. The predicted molar refractivity (Wildman–Crippen MR) is 99.8 cm³/mol. The van der Waals surface area contributed by atoms with E-state index in [-0.39, 0.29) is 36.2 Å². The maximum Gasteiger partial charge on any atom is 0.435 e. The van der Waals surface area contributed by atoms with Gasteiger partial charge in [-0.2, -0.15) is 23.3 Å². The van der Waals surface area contributed by atoms with Gasteiger partial charge in [-0.3, -0.25) is 4.68 Å². The number of nitrogens with zero attached hydrogens (tertiary/aromatic N) is 6. The van der Waals surface area contributed by atoms with E-state index in [9.17, 15) is 13.2 Å². The van der Waals surface area contributed by atoms with Crippen LogP contribution in [-0.2, 0) is 17.5 Å². The number of hydrogen-bond donors (Lipinski definition) is 1. The van der Waals surface area contributed by atoms with Gasteiger partial charge in [-0.15, -0.1) is 5.10 Å². The van der Waals surface area contributed by atoms with E-state index in [1.807, 2.05) is 11.6 Å². The number of aromatic nitrogens is 6. The van der Waals surface area contributed by atoms with E-state index < -0.39 is 11.9 Å². The number of halogens is 3. The summed E-state index contributed by atoms with van der Waals surface area (Å²) < 4.78 is 54.5. The lowest BCUT2D eigenvalue weighted by atomic mass is 10.1. The summed E-state index contributed by atoms with van der Waals surface area (Å²) in [4.78, 5) is 8.42. The van der Waals surface area contributed by atoms with Crippen molar-refractivity contribution in [1.82, 2.24) is 29.5 Å². The number of nitrogens with one attached hydrogen (secondary N) is 1. The molecular weight excluding hydrogens is 403 g/mol. The fraction of sp³-hybridized carbons (Fsp3) is 0.556. The van der Waals surface area contributed by atoms with E-state index in [1.165, 1.54) is 4.68 Å². The SMILES string of the molecule is Cc1c2c(nn1C1CCOCC1)OCCCn1nc(C(F)(F)F)c3cnc(nc31)N2. The number of anilines is 2. The minimum atomic E-state index is -4.58. The fourth-order valence-corrected chi connectivity index (χ4v) is 3.90. The normalized spacial score (nSPS) is 18.0. The van der Waals surface area contributed by atoms with Crippen molar-refractivity contribution in [2.24, 2.45) is 0 Å². The Morgan fingerprint density at radius 3 is 2.73 bits per heavy atom. The van der Waals surface area contributed by atoms with E-state index in [1.54, 1.807) is 0 Å². The first kappa shape index (κ1) is 19.1. The smallest absolute Gasteiger partial charge is 0.435 e. The summed E-state index contributed by atoms with van der Waals surface area (Å²) in [6.45, 7) is 3.79. The van der Waals surface area contributed by atoms with Crippen LogP contribution in [0.4, 0.5) is 24.8 Å². The number of ether oxygens (including phenoxy) is 2. The van der Waals surface area contributed by atoms with Crippen molar-refractivity contribution in [3.63, 3.8) is 0 Å². The summed E-state index contributed by atoms with van der Waals surface area (Å²) in [6.07, 6.45) is -1.26. The zero-order valence-corrected chi connectivity index (χ0v) is 16.2. The van der Waals surface area contributed by atoms with Crippen molar-refractivity contribution in [2.75, 3.05) is 25.1 Å². The first-order valence-electron chi connectivity index (χ1n) is 9.79. The Morgan fingerprint density at radius 2 is 1.97 bits per heavy atom. The molecule has 0 unspecified atom stereocenters. The Morgan fingerprint density at radius 1 is 1.17 bits per heavy atom. The average molecular weight is 423 g/mol. The number of fused-ring (bicyclic) bond motifs is 2. The average Bonchev–Trinajstić information content (AvgIpc) is 3.24. The van der Waals surface area contributed by atoms with Gasteiger partial charge in [-0.05, 0) is 19.8 Å². The van der Waals surface area contributed by atoms with Crippen LogP contribution < -0.4 is 10.1 Å². The van der Waals surface area contributed by atoms with Crippen LogP contribution in [0, 0.1) is 6.92 Å². The van der Waals surface area contributed by atoms with Gasteiger partial charge >= 0.3 is 6.18 Å². The van der Waals surface area contributed by atoms with Crippen LogP contribution in [0.2, 0.25) is 0 Å². The molecule has 3 aromatic rings. The standard InChI is InChI=1S/C18H20F3N7O2/c1-10-13-16(26-28(10)11-3-7-29-8-4-11)30-6-2-5-27-15-12(9-22-17(23-13)24-15)14(25-27)18(19,20)21/h9,11H,2-8H2,1H3,(H,22,23,24). The molecule has 160 valence electrons. The Hall–Kier alpha value is -2.89. The molecule has 1 saturated heterocycles. The second kappa shape index (κ2) is 7.11. The number of aryl methyl sites for hydroxylation is 1. The molecule has 1 fully saturated rings. The second-order valence-corrected chi connectivity index (χ2v) is 7.38. The molecule has 2 bridgehead atoms. The highest BCUT2D eigenvalue weighted by atomic mass is 19.4. The molecule has 0 amide bonds. The molecule has 0 saturated carbocycles. The Kier molecular flexibility index (Phi) is 4.53. The minimum Gasteiger partial charge on any atom is -0.475 e. The van der Waals surface area contributed by atoms with Gasteiger partial charge in [0.2, 0.25) is 5.95 Å². The maximum absolute atomic E-state index is 13.4. The first-order chi connectivity index (χ1) is 14.4. The van der Waals surface area contributed by atoms with Gasteiger partial charge in [-0.25, -0.2) is 9.67 Å². The number of rotatable bonds is 1. The lowest BCUT2D eigenvalue weighted by Crippen LogP contribution is -2.21. The van der Waals surface area contributed by atoms with Gasteiger partial charge < -0.3 is 14.8 Å². The van der Waals surface area contributed by atoms with Crippen molar-refractivity contribution in [3.05, 3.63) is 17.6 Å². The molecule has 1 N–H and O–H groups in total. The van der Waals surface area contributed by atoms with Crippen LogP contribution in [0.15, 0.2) is 6.20 Å². The van der Waals surface area contributed by atoms with E-state index >= 15 is 0 Å². The highest BCUT2D eigenvalue weighted by Crippen LogP contribution is 2.36. The van der Waals surface area contributed by atoms with Crippen molar-refractivity contribution >= 4 is 22.7 Å². The van der Waals surface area contributed by atoms with Crippen LogP contribution >= 0.6 is 0 Å². The molecule has 0 radical (unpaired) electrons. The summed E-state index contributed by atoms with van der Waals surface area (Å²) in [6, 6.07) is 0.198. The molecule has 0 atom stereocenters.